The van der Waals surface area contributed by atoms with Crippen LogP contribution in [-0.2, 0) is 6.54 Å². The van der Waals surface area contributed by atoms with Crippen molar-refractivity contribution in [2.45, 2.75) is 20.4 Å². The van der Waals surface area contributed by atoms with Gasteiger partial charge in [-0.2, -0.15) is 0 Å². The van der Waals surface area contributed by atoms with Crippen LogP contribution >= 0.6 is 11.6 Å². The summed E-state index contributed by atoms with van der Waals surface area (Å²) >= 11 is 6.11. The first kappa shape index (κ1) is 35.9. The van der Waals surface area contributed by atoms with Crippen LogP contribution in [0.15, 0.2) is 97.2 Å². The van der Waals surface area contributed by atoms with E-state index in [1.54, 1.807) is 6.20 Å². The highest BCUT2D eigenvalue weighted by Gasteiger charge is 2.19. The van der Waals surface area contributed by atoms with E-state index in [9.17, 15) is 9.59 Å². The van der Waals surface area contributed by atoms with E-state index in [4.69, 9.17) is 32.4 Å². The van der Waals surface area contributed by atoms with Crippen LogP contribution < -0.4 is 5.73 Å². The average Bonchev–Trinajstić information content (AvgIpc) is 3.53. The zero-order chi connectivity index (χ0) is 35.6. The van der Waals surface area contributed by atoms with Crippen LogP contribution in [0.4, 0.5) is 5.82 Å². The zero-order valence-electron chi connectivity index (χ0n) is 28.3. The highest BCUT2D eigenvalue weighted by atomic mass is 35.5. The van der Waals surface area contributed by atoms with E-state index in [0.29, 0.717) is 34.8 Å². The normalized spacial score (nSPS) is 13.1. The molecule has 0 radical (unpaired) electrons. The first-order valence-electron chi connectivity index (χ1n) is 16.4. The molecule has 256 valence electrons. The summed E-state index contributed by atoms with van der Waals surface area (Å²) < 4.78 is 2.07. The molecule has 1 saturated heterocycles. The fraction of sp³-hybridized carbons (Fsp3) is 0.205. The highest BCUT2D eigenvalue weighted by Crippen LogP contribution is 2.32. The number of carbonyl (C=O) groups excluding carboxylic acids is 2. The molecule has 3 aromatic heterocycles. The summed E-state index contributed by atoms with van der Waals surface area (Å²) in [4.78, 5) is 39.6. The minimum Gasteiger partial charge on any atom is -0.507 e. The molecule has 0 saturated carbocycles. The number of aldehydes is 2. The molecule has 11 heteroatoms. The maximum Gasteiger partial charge on any atom is 0.165 e. The lowest BCUT2D eigenvalue weighted by molar-refractivity contribution is 0.112. The molecule has 0 bridgehead atoms. The summed E-state index contributed by atoms with van der Waals surface area (Å²) in [6.45, 7) is 9.34. The maximum atomic E-state index is 10.2. The molecule has 1 fully saturated rings. The van der Waals surface area contributed by atoms with Crippen LogP contribution in [0.5, 0.6) is 5.75 Å². The van der Waals surface area contributed by atoms with Gasteiger partial charge in [-0.15, -0.1) is 0 Å². The number of pyridine rings is 2. The van der Waals surface area contributed by atoms with Crippen LogP contribution in [0.3, 0.4) is 0 Å². The number of phenolic OH excluding ortho intramolecular Hbond substituents is 1. The molecule has 0 amide bonds. The summed E-state index contributed by atoms with van der Waals surface area (Å²) in [6, 6.07) is 28.3. The van der Waals surface area contributed by atoms with Crippen LogP contribution in [0.1, 0.15) is 40.1 Å². The number of carbonyl (C=O) groups is 2. The lowest BCUT2D eigenvalue weighted by Crippen LogP contribution is -2.43. The molecule has 7 rings (SSSR count). The predicted molar refractivity (Wildman–Crippen MR) is 200 cm³/mol. The van der Waals surface area contributed by atoms with Gasteiger partial charge in [0, 0.05) is 60.8 Å². The fourth-order valence-corrected chi connectivity index (χ4v) is 5.65. The van der Waals surface area contributed by atoms with Crippen molar-refractivity contribution in [3.05, 3.63) is 119 Å². The Morgan fingerprint density at radius 1 is 0.860 bits per heavy atom. The van der Waals surface area contributed by atoms with E-state index in [-0.39, 0.29) is 11.3 Å². The fourth-order valence-electron chi connectivity index (χ4n) is 5.53. The van der Waals surface area contributed by atoms with Crippen LogP contribution in [-0.4, -0.2) is 80.2 Å². The number of rotatable bonds is 7. The van der Waals surface area contributed by atoms with Gasteiger partial charge in [-0.05, 0) is 79.3 Å². The Morgan fingerprint density at radius 2 is 1.58 bits per heavy atom. The summed E-state index contributed by atoms with van der Waals surface area (Å²) in [6.07, 6.45) is 2.81. The largest absolute Gasteiger partial charge is 0.507 e. The number of hydrogen-bond donors (Lipinski definition) is 2. The van der Waals surface area contributed by atoms with Gasteiger partial charge in [-0.25, -0.2) is 15.0 Å². The number of aromatic nitrogens is 4. The Kier molecular flexibility index (Phi) is 12.1. The number of nitrogen functional groups attached to an aromatic ring is 1. The van der Waals surface area contributed by atoms with E-state index in [2.05, 4.69) is 50.7 Å². The SMILES string of the molecule is CC.CN1CCN(Cc2ccc(-n3c(-c4cccnc4N)nc4ccc(-c5ccc(Cl)cc5)nc43)cc2)CC1.O=Cc1ccc(O)c(C=O)c1. The van der Waals surface area contributed by atoms with Gasteiger partial charge in [0.25, 0.3) is 0 Å². The van der Waals surface area contributed by atoms with Gasteiger partial charge in [0.05, 0.1) is 16.8 Å². The molecule has 3 N–H and O–H groups in total. The Bertz CT molecular complexity index is 2060. The van der Waals surface area contributed by atoms with Gasteiger partial charge in [0.2, 0.25) is 0 Å². The number of hydrogen-bond acceptors (Lipinski definition) is 9. The van der Waals surface area contributed by atoms with Crippen molar-refractivity contribution in [1.29, 1.82) is 0 Å². The van der Waals surface area contributed by atoms with Crippen LogP contribution in [0.25, 0.3) is 39.5 Å². The van der Waals surface area contributed by atoms with Crippen LogP contribution in [0, 0.1) is 0 Å². The molecule has 50 heavy (non-hydrogen) atoms. The van der Waals surface area contributed by atoms with E-state index in [1.807, 2.05) is 62.4 Å². The number of nitrogens with zero attached hydrogens (tertiary/aromatic N) is 6. The second-order valence-electron chi connectivity index (χ2n) is 11.6. The number of anilines is 1. The summed E-state index contributed by atoms with van der Waals surface area (Å²) in [5, 5.41) is 9.68. The third kappa shape index (κ3) is 8.41. The number of aromatic hydroxyl groups is 1. The second-order valence-corrected chi connectivity index (χ2v) is 12.0. The van der Waals surface area contributed by atoms with Crippen molar-refractivity contribution in [1.82, 2.24) is 29.3 Å². The molecule has 0 aliphatic carbocycles. The lowest BCUT2D eigenvalue weighted by Gasteiger charge is -2.32. The second kappa shape index (κ2) is 16.8. The maximum absolute atomic E-state index is 10.2. The smallest absolute Gasteiger partial charge is 0.165 e. The van der Waals surface area contributed by atoms with Gasteiger partial charge >= 0.3 is 0 Å². The highest BCUT2D eigenvalue weighted by molar-refractivity contribution is 6.30. The Labute approximate surface area is 296 Å². The number of halogens is 1. The molecular formula is C39H40ClN7O3. The average molecular weight is 690 g/mol. The minimum absolute atomic E-state index is 0.106. The quantitative estimate of drug-likeness (QED) is 0.167. The number of benzene rings is 3. The van der Waals surface area contributed by atoms with Crippen molar-refractivity contribution in [2.24, 2.45) is 0 Å². The van der Waals surface area contributed by atoms with Crippen molar-refractivity contribution < 1.29 is 14.7 Å². The standard InChI is InChI=1S/C29H28ClN7.C8H6O3.C2H6/c1-35-15-17-36(18-16-35)19-20-4-10-23(11-5-20)37-28(24-3-2-14-32-27(24)31)34-26-13-12-25(33-29(26)37)21-6-8-22(30)9-7-21;9-4-6-1-2-8(11)7(3-6)5-10;1-2/h2-14H,15-19H2,1H3,(H2,31,32);1-5,11H;1-2H3. The molecule has 4 heterocycles. The molecule has 10 nitrogen and oxygen atoms in total. The third-order valence-corrected chi connectivity index (χ3v) is 8.49. The minimum atomic E-state index is -0.106. The Hall–Kier alpha value is -5.42. The number of nitrogens with two attached hydrogens (primary N) is 1. The van der Waals surface area contributed by atoms with E-state index < -0.39 is 0 Å². The number of likely N-dealkylation sites (N-methyl/N-ethyl adjacent to an activating group) is 1. The summed E-state index contributed by atoms with van der Waals surface area (Å²) in [5.74, 6) is 1.04. The molecule has 0 atom stereocenters. The monoisotopic (exact) mass is 689 g/mol. The first-order valence-corrected chi connectivity index (χ1v) is 16.8. The summed E-state index contributed by atoms with van der Waals surface area (Å²) in [7, 11) is 2.18. The van der Waals surface area contributed by atoms with Gasteiger partial charge in [-0.3, -0.25) is 19.1 Å². The molecule has 6 aromatic rings. The number of phenols is 1. The van der Waals surface area contributed by atoms with E-state index in [0.717, 1.165) is 66.4 Å². The Morgan fingerprint density at radius 3 is 2.24 bits per heavy atom. The first-order chi connectivity index (χ1) is 24.3. The number of fused-ring (bicyclic) bond motifs is 1. The van der Waals surface area contributed by atoms with Crippen molar-refractivity contribution in [3.8, 4) is 34.1 Å². The van der Waals surface area contributed by atoms with Crippen LogP contribution in [0.2, 0.25) is 5.02 Å². The summed E-state index contributed by atoms with van der Waals surface area (Å²) in [5.41, 5.74) is 13.2. The Balaban J connectivity index is 0.000000318. The molecule has 1 aliphatic rings. The van der Waals surface area contributed by atoms with Crippen molar-refractivity contribution >= 4 is 41.2 Å². The topological polar surface area (TPSA) is 130 Å². The van der Waals surface area contributed by atoms with Gasteiger partial charge in [-0.1, -0.05) is 49.7 Å². The third-order valence-electron chi connectivity index (χ3n) is 8.24. The van der Waals surface area contributed by atoms with Crippen molar-refractivity contribution in [3.63, 3.8) is 0 Å². The predicted octanol–water partition coefficient (Wildman–Crippen LogP) is 7.18. The van der Waals surface area contributed by atoms with Gasteiger partial charge < -0.3 is 15.7 Å². The van der Waals surface area contributed by atoms with E-state index >= 15 is 0 Å². The lowest BCUT2D eigenvalue weighted by atomic mass is 10.1. The molecular weight excluding hydrogens is 650 g/mol. The van der Waals surface area contributed by atoms with E-state index in [1.165, 1.54) is 23.8 Å². The molecule has 3 aromatic carbocycles. The van der Waals surface area contributed by atoms with Gasteiger partial charge in [0.15, 0.2) is 17.8 Å². The van der Waals surface area contributed by atoms with Gasteiger partial charge in [0.1, 0.15) is 23.4 Å². The zero-order valence-corrected chi connectivity index (χ0v) is 29.1. The number of imidazole rings is 1. The molecule has 1 aliphatic heterocycles. The molecule has 0 spiro atoms. The molecule has 0 unspecified atom stereocenters. The number of piperazine rings is 1. The van der Waals surface area contributed by atoms with Crippen molar-refractivity contribution in [2.75, 3.05) is 39.0 Å².